The second-order valence-corrected chi connectivity index (χ2v) is 7.49. The lowest BCUT2D eigenvalue weighted by Gasteiger charge is -2.27. The highest BCUT2D eigenvalue weighted by molar-refractivity contribution is 5.76. The molecule has 0 saturated heterocycles. The second kappa shape index (κ2) is 6.23. The predicted octanol–water partition coefficient (Wildman–Crippen LogP) is 3.83. The molecule has 122 valence electrons. The smallest absolute Gasteiger partial charge is 0.223 e. The van der Waals surface area contributed by atoms with Gasteiger partial charge in [0.15, 0.2) is 0 Å². The second-order valence-electron chi connectivity index (χ2n) is 7.49. The minimum absolute atomic E-state index is 0.177. The fraction of sp³-hybridized carbons (Fsp3) is 0.450. The number of aromatic nitrogens is 1. The van der Waals surface area contributed by atoms with Crippen molar-refractivity contribution in [1.82, 2.24) is 9.88 Å². The maximum absolute atomic E-state index is 12.4. The van der Waals surface area contributed by atoms with Gasteiger partial charge in [-0.15, -0.1) is 0 Å². The topological polar surface area (TPSA) is 36.1 Å². The molecule has 0 unspecified atom stereocenters. The summed E-state index contributed by atoms with van der Waals surface area (Å²) in [5.74, 6) is 0.261. The Morgan fingerprint density at radius 1 is 1.17 bits per heavy atom. The van der Waals surface area contributed by atoms with Crippen molar-refractivity contribution in [3.63, 3.8) is 0 Å². The van der Waals surface area contributed by atoms with Crippen LogP contribution < -0.4 is 0 Å². The monoisotopic (exact) mass is 310 g/mol. The number of nitrogens with zero attached hydrogens (tertiary/aromatic N) is 1. The van der Waals surface area contributed by atoms with Crippen LogP contribution in [0.4, 0.5) is 0 Å². The van der Waals surface area contributed by atoms with Crippen molar-refractivity contribution < 1.29 is 4.79 Å². The van der Waals surface area contributed by atoms with Gasteiger partial charge in [-0.25, -0.2) is 0 Å². The molecule has 1 amide bonds. The van der Waals surface area contributed by atoms with Gasteiger partial charge in [0.2, 0.25) is 5.91 Å². The minimum atomic E-state index is 0.177. The van der Waals surface area contributed by atoms with Crippen LogP contribution in [0.5, 0.6) is 0 Å². The molecule has 3 nitrogen and oxygen atoms in total. The molecule has 0 atom stereocenters. The number of hydrogen-bond acceptors (Lipinski definition) is 1. The zero-order chi connectivity index (χ0) is 16.4. The molecule has 1 aliphatic rings. The molecule has 3 heteroatoms. The number of carbonyl (C=O) groups excluding carboxylic acids is 1. The van der Waals surface area contributed by atoms with Gasteiger partial charge >= 0.3 is 0 Å². The molecule has 0 bridgehead atoms. The molecule has 0 aliphatic carbocycles. The fourth-order valence-corrected chi connectivity index (χ4v) is 3.14. The number of benzene rings is 1. The van der Waals surface area contributed by atoms with Crippen molar-refractivity contribution in [2.75, 3.05) is 6.54 Å². The van der Waals surface area contributed by atoms with E-state index in [4.69, 9.17) is 0 Å². The van der Waals surface area contributed by atoms with E-state index >= 15 is 0 Å². The van der Waals surface area contributed by atoms with E-state index in [1.807, 2.05) is 11.1 Å². The van der Waals surface area contributed by atoms with E-state index in [2.05, 4.69) is 56.1 Å². The van der Waals surface area contributed by atoms with Crippen LogP contribution in [-0.4, -0.2) is 22.3 Å². The summed E-state index contributed by atoms with van der Waals surface area (Å²) in [7, 11) is 0. The molecule has 0 fully saturated rings. The molecule has 0 spiro atoms. The fourth-order valence-electron chi connectivity index (χ4n) is 3.14. The van der Waals surface area contributed by atoms with E-state index < -0.39 is 0 Å². The summed E-state index contributed by atoms with van der Waals surface area (Å²) in [6, 6.07) is 10.8. The summed E-state index contributed by atoms with van der Waals surface area (Å²) in [5, 5.41) is 0. The molecule has 1 aromatic heterocycles. The Morgan fingerprint density at radius 3 is 2.61 bits per heavy atom. The Balaban J connectivity index is 1.55. The lowest BCUT2D eigenvalue weighted by molar-refractivity contribution is -0.132. The van der Waals surface area contributed by atoms with Crippen molar-refractivity contribution >= 4 is 5.91 Å². The third-order valence-electron chi connectivity index (χ3n) is 4.72. The Morgan fingerprint density at radius 2 is 1.91 bits per heavy atom. The summed E-state index contributed by atoms with van der Waals surface area (Å²) >= 11 is 0. The largest absolute Gasteiger partial charge is 0.365 e. The molecule has 3 rings (SSSR count). The van der Waals surface area contributed by atoms with E-state index in [9.17, 15) is 4.79 Å². The molecule has 2 aromatic rings. The van der Waals surface area contributed by atoms with Gasteiger partial charge in [-0.3, -0.25) is 4.79 Å². The molecule has 0 saturated carbocycles. The van der Waals surface area contributed by atoms with Gasteiger partial charge in [0.25, 0.3) is 0 Å². The predicted molar refractivity (Wildman–Crippen MR) is 93.4 cm³/mol. The third kappa shape index (κ3) is 3.66. The van der Waals surface area contributed by atoms with Crippen LogP contribution in [0, 0.1) is 0 Å². The van der Waals surface area contributed by atoms with Gasteiger partial charge in [0.1, 0.15) is 0 Å². The quantitative estimate of drug-likeness (QED) is 0.919. The first-order valence-electron chi connectivity index (χ1n) is 8.46. The lowest BCUT2D eigenvalue weighted by atomic mass is 9.86. The van der Waals surface area contributed by atoms with Crippen molar-refractivity contribution in [1.29, 1.82) is 0 Å². The molecule has 1 aliphatic heterocycles. The number of aromatic amines is 1. The standard InChI is InChI=1S/C20H26N2O/c1-20(2,3)17-7-4-15(5-8-17)6-9-19(23)22-13-11-18-16(14-22)10-12-21-18/h4-5,7-8,10,12,21H,6,9,11,13-14H2,1-3H3. The van der Waals surface area contributed by atoms with E-state index in [-0.39, 0.29) is 11.3 Å². The molecular formula is C20H26N2O. The summed E-state index contributed by atoms with van der Waals surface area (Å²) < 4.78 is 0. The zero-order valence-corrected chi connectivity index (χ0v) is 14.4. The summed E-state index contributed by atoms with van der Waals surface area (Å²) in [4.78, 5) is 17.7. The van der Waals surface area contributed by atoms with Crippen molar-refractivity contribution in [3.8, 4) is 0 Å². The number of aryl methyl sites for hydroxylation is 1. The number of fused-ring (bicyclic) bond motifs is 1. The Labute approximate surface area is 138 Å². The van der Waals surface area contributed by atoms with E-state index in [1.54, 1.807) is 0 Å². The number of hydrogen-bond donors (Lipinski definition) is 1. The third-order valence-corrected chi connectivity index (χ3v) is 4.72. The van der Waals surface area contributed by atoms with Crippen LogP contribution >= 0.6 is 0 Å². The van der Waals surface area contributed by atoms with Crippen molar-refractivity contribution in [3.05, 3.63) is 58.9 Å². The van der Waals surface area contributed by atoms with Gasteiger partial charge in [-0.2, -0.15) is 0 Å². The van der Waals surface area contributed by atoms with E-state index in [1.165, 1.54) is 22.4 Å². The minimum Gasteiger partial charge on any atom is -0.365 e. The zero-order valence-electron chi connectivity index (χ0n) is 14.4. The molecule has 1 N–H and O–H groups in total. The van der Waals surface area contributed by atoms with Crippen LogP contribution in [0.2, 0.25) is 0 Å². The van der Waals surface area contributed by atoms with Crippen LogP contribution in [0.1, 0.15) is 49.6 Å². The highest BCUT2D eigenvalue weighted by atomic mass is 16.2. The Bertz CT molecular complexity index is 676. The maximum atomic E-state index is 12.4. The summed E-state index contributed by atoms with van der Waals surface area (Å²) in [6.45, 7) is 8.24. The average molecular weight is 310 g/mol. The van der Waals surface area contributed by atoms with E-state index in [0.29, 0.717) is 6.42 Å². The van der Waals surface area contributed by atoms with Crippen LogP contribution in [0.3, 0.4) is 0 Å². The van der Waals surface area contributed by atoms with Crippen molar-refractivity contribution in [2.24, 2.45) is 0 Å². The normalized spacial score (nSPS) is 14.7. The molecule has 23 heavy (non-hydrogen) atoms. The Hall–Kier alpha value is -2.03. The first-order valence-corrected chi connectivity index (χ1v) is 8.46. The SMILES string of the molecule is CC(C)(C)c1ccc(CCC(=O)N2CCc3[nH]ccc3C2)cc1. The highest BCUT2D eigenvalue weighted by Crippen LogP contribution is 2.23. The number of nitrogens with one attached hydrogen (secondary N) is 1. The summed E-state index contributed by atoms with van der Waals surface area (Å²) in [5.41, 5.74) is 5.30. The molecular weight excluding hydrogens is 284 g/mol. The lowest BCUT2D eigenvalue weighted by Crippen LogP contribution is -2.35. The van der Waals surface area contributed by atoms with Gasteiger partial charge < -0.3 is 9.88 Å². The number of amides is 1. The molecule has 2 heterocycles. The molecule has 0 radical (unpaired) electrons. The van der Waals surface area contributed by atoms with Gasteiger partial charge in [0.05, 0.1) is 0 Å². The van der Waals surface area contributed by atoms with Gasteiger partial charge in [0, 0.05) is 37.8 Å². The van der Waals surface area contributed by atoms with Crippen LogP contribution in [0.25, 0.3) is 0 Å². The number of rotatable bonds is 3. The first-order chi connectivity index (χ1) is 10.9. The van der Waals surface area contributed by atoms with Crippen molar-refractivity contribution in [2.45, 2.75) is 52.0 Å². The first kappa shape index (κ1) is 15.9. The van der Waals surface area contributed by atoms with Crippen LogP contribution in [-0.2, 0) is 29.6 Å². The number of H-pyrrole nitrogens is 1. The molecule has 1 aromatic carbocycles. The Kier molecular flexibility index (Phi) is 4.29. The number of carbonyl (C=O) groups is 1. The van der Waals surface area contributed by atoms with Crippen LogP contribution in [0.15, 0.2) is 36.5 Å². The van der Waals surface area contributed by atoms with Gasteiger partial charge in [-0.1, -0.05) is 45.0 Å². The maximum Gasteiger partial charge on any atom is 0.223 e. The average Bonchev–Trinajstić information content (AvgIpc) is 2.99. The summed E-state index contributed by atoms with van der Waals surface area (Å²) in [6.07, 6.45) is 4.32. The highest BCUT2D eigenvalue weighted by Gasteiger charge is 2.21. The van der Waals surface area contributed by atoms with Gasteiger partial charge in [-0.05, 0) is 34.6 Å². The van der Waals surface area contributed by atoms with E-state index in [0.717, 1.165) is 25.9 Å².